The minimum absolute atomic E-state index is 0.103. The van der Waals surface area contributed by atoms with Crippen LogP contribution in [0, 0.1) is 0 Å². The standard InChI is InChI=1S/C20H24N4O3S/c1-22-11-18(25)24(16-6-9-28-12-16)14-20(22)7-8-23(13-20)19(26)21-15-4-3-5-17(10-15)27-2/h3-6,9-10,12H,7-8,11,13-14H2,1-2H3,(H,21,26). The number of methoxy groups -OCH3 is 1. The summed E-state index contributed by atoms with van der Waals surface area (Å²) in [5.74, 6) is 0.804. The lowest BCUT2D eigenvalue weighted by atomic mass is 9.93. The lowest BCUT2D eigenvalue weighted by molar-refractivity contribution is -0.123. The number of carbonyl (C=O) groups excluding carboxylic acids is 2. The van der Waals surface area contributed by atoms with Gasteiger partial charge in [-0.3, -0.25) is 9.69 Å². The van der Waals surface area contributed by atoms with Crippen LogP contribution in [0.25, 0.3) is 0 Å². The SMILES string of the molecule is COc1cccc(NC(=O)N2CCC3(C2)CN(c2ccsc2)C(=O)CN3C)c1. The Hall–Kier alpha value is -2.58. The van der Waals surface area contributed by atoms with Crippen LogP contribution in [-0.2, 0) is 4.79 Å². The molecule has 148 valence electrons. The molecule has 8 heteroatoms. The molecule has 3 amide bonds. The fourth-order valence-electron chi connectivity index (χ4n) is 3.98. The molecule has 1 atom stereocenters. The van der Waals surface area contributed by atoms with E-state index < -0.39 is 0 Å². The predicted molar refractivity (Wildman–Crippen MR) is 110 cm³/mol. The van der Waals surface area contributed by atoms with Crippen molar-refractivity contribution in [2.24, 2.45) is 0 Å². The predicted octanol–water partition coefficient (Wildman–Crippen LogP) is 2.71. The van der Waals surface area contributed by atoms with Gasteiger partial charge in [-0.1, -0.05) is 6.07 Å². The number of rotatable bonds is 3. The smallest absolute Gasteiger partial charge is 0.321 e. The number of ether oxygens (including phenoxy) is 1. The molecular formula is C20H24N4O3S. The van der Waals surface area contributed by atoms with Crippen LogP contribution in [0.15, 0.2) is 41.1 Å². The molecule has 2 aliphatic rings. The van der Waals surface area contributed by atoms with Crippen LogP contribution in [0.1, 0.15) is 6.42 Å². The first-order chi connectivity index (χ1) is 13.5. The molecule has 0 aliphatic carbocycles. The summed E-state index contributed by atoms with van der Waals surface area (Å²) in [6.45, 7) is 2.21. The van der Waals surface area contributed by atoms with E-state index in [1.54, 1.807) is 24.5 Å². The Balaban J connectivity index is 1.47. The summed E-state index contributed by atoms with van der Waals surface area (Å²) >= 11 is 1.58. The zero-order valence-corrected chi connectivity index (χ0v) is 16.9. The first kappa shape index (κ1) is 18.8. The van der Waals surface area contributed by atoms with Crippen LogP contribution in [0.4, 0.5) is 16.2 Å². The zero-order valence-electron chi connectivity index (χ0n) is 16.1. The van der Waals surface area contributed by atoms with Crippen molar-refractivity contribution in [1.29, 1.82) is 0 Å². The molecule has 1 unspecified atom stereocenters. The molecule has 1 aromatic carbocycles. The van der Waals surface area contributed by atoms with Crippen LogP contribution in [0.2, 0.25) is 0 Å². The highest BCUT2D eigenvalue weighted by molar-refractivity contribution is 7.08. The maximum atomic E-state index is 12.8. The van der Waals surface area contributed by atoms with Gasteiger partial charge in [0.1, 0.15) is 5.75 Å². The van der Waals surface area contributed by atoms with E-state index in [-0.39, 0.29) is 17.5 Å². The van der Waals surface area contributed by atoms with E-state index in [9.17, 15) is 9.59 Å². The normalized spacial score (nSPS) is 22.7. The van der Waals surface area contributed by atoms with E-state index >= 15 is 0 Å². The molecule has 2 saturated heterocycles. The number of amides is 3. The van der Waals surface area contributed by atoms with Gasteiger partial charge in [0.15, 0.2) is 0 Å². The van der Waals surface area contributed by atoms with Crippen molar-refractivity contribution in [3.63, 3.8) is 0 Å². The Morgan fingerprint density at radius 3 is 2.89 bits per heavy atom. The lowest BCUT2D eigenvalue weighted by Crippen LogP contribution is -2.64. The maximum Gasteiger partial charge on any atom is 0.321 e. The fourth-order valence-corrected chi connectivity index (χ4v) is 4.62. The average molecular weight is 401 g/mol. The fraction of sp³-hybridized carbons (Fsp3) is 0.400. The zero-order chi connectivity index (χ0) is 19.7. The van der Waals surface area contributed by atoms with Crippen molar-refractivity contribution in [3.05, 3.63) is 41.1 Å². The highest BCUT2D eigenvalue weighted by Crippen LogP contribution is 2.34. The number of hydrogen-bond acceptors (Lipinski definition) is 5. The Labute approximate surface area is 168 Å². The van der Waals surface area contributed by atoms with E-state index in [1.807, 2.05) is 51.9 Å². The second-order valence-electron chi connectivity index (χ2n) is 7.38. The van der Waals surface area contributed by atoms with Crippen LogP contribution in [0.3, 0.4) is 0 Å². The number of nitrogens with zero attached hydrogens (tertiary/aromatic N) is 3. The van der Waals surface area contributed by atoms with E-state index in [0.29, 0.717) is 37.6 Å². The van der Waals surface area contributed by atoms with Crippen molar-refractivity contribution in [2.75, 3.05) is 50.6 Å². The first-order valence-electron chi connectivity index (χ1n) is 9.24. The number of likely N-dealkylation sites (N-methyl/N-ethyl adjacent to an activating group) is 1. The van der Waals surface area contributed by atoms with Gasteiger partial charge in [0.25, 0.3) is 0 Å². The molecule has 1 N–H and O–H groups in total. The number of likely N-dealkylation sites (tertiary alicyclic amines) is 1. The summed E-state index contributed by atoms with van der Waals surface area (Å²) in [5.41, 5.74) is 1.43. The minimum Gasteiger partial charge on any atom is -0.497 e. The molecule has 2 aromatic rings. The number of hydrogen-bond donors (Lipinski definition) is 1. The molecule has 1 spiro atoms. The summed E-state index contributed by atoms with van der Waals surface area (Å²) in [4.78, 5) is 31.1. The molecule has 1 aromatic heterocycles. The molecule has 3 heterocycles. The number of piperazine rings is 1. The topological polar surface area (TPSA) is 65.1 Å². The Kier molecular flexibility index (Phi) is 4.99. The molecule has 2 aliphatic heterocycles. The first-order valence-corrected chi connectivity index (χ1v) is 10.2. The second-order valence-corrected chi connectivity index (χ2v) is 8.16. The van der Waals surface area contributed by atoms with Crippen LogP contribution < -0.4 is 15.0 Å². The Bertz CT molecular complexity index is 872. The van der Waals surface area contributed by atoms with Crippen LogP contribution in [0.5, 0.6) is 5.75 Å². The Morgan fingerprint density at radius 2 is 2.14 bits per heavy atom. The second kappa shape index (κ2) is 7.44. The number of thiophene rings is 1. The number of nitrogens with one attached hydrogen (secondary N) is 1. The molecule has 2 fully saturated rings. The van der Waals surface area contributed by atoms with Gasteiger partial charge in [0, 0.05) is 36.8 Å². The summed E-state index contributed by atoms with van der Waals surface area (Å²) in [6, 6.07) is 9.18. The maximum absolute atomic E-state index is 12.8. The third kappa shape index (κ3) is 3.45. The van der Waals surface area contributed by atoms with E-state index in [1.165, 1.54) is 0 Å². The number of carbonyl (C=O) groups is 2. The van der Waals surface area contributed by atoms with Gasteiger partial charge in [0.2, 0.25) is 5.91 Å². The largest absolute Gasteiger partial charge is 0.497 e. The van der Waals surface area contributed by atoms with Gasteiger partial charge in [-0.25, -0.2) is 4.79 Å². The minimum atomic E-state index is -0.221. The summed E-state index contributed by atoms with van der Waals surface area (Å²) in [5, 5.41) is 6.93. The summed E-state index contributed by atoms with van der Waals surface area (Å²) in [7, 11) is 3.58. The molecule has 28 heavy (non-hydrogen) atoms. The molecule has 4 rings (SSSR count). The van der Waals surface area contributed by atoms with Crippen molar-refractivity contribution in [2.45, 2.75) is 12.0 Å². The van der Waals surface area contributed by atoms with Crippen molar-refractivity contribution in [1.82, 2.24) is 9.80 Å². The Morgan fingerprint density at radius 1 is 1.29 bits per heavy atom. The third-order valence-electron chi connectivity index (χ3n) is 5.69. The third-order valence-corrected chi connectivity index (χ3v) is 6.36. The number of benzene rings is 1. The van der Waals surface area contributed by atoms with Crippen molar-refractivity contribution < 1.29 is 14.3 Å². The summed E-state index contributed by atoms with van der Waals surface area (Å²) in [6.07, 6.45) is 0.836. The van der Waals surface area contributed by atoms with Crippen LogP contribution in [-0.4, -0.2) is 67.6 Å². The van der Waals surface area contributed by atoms with Gasteiger partial charge in [0.05, 0.1) is 24.9 Å². The molecule has 7 nitrogen and oxygen atoms in total. The van der Waals surface area contributed by atoms with Crippen LogP contribution >= 0.6 is 11.3 Å². The average Bonchev–Trinajstić information content (AvgIpc) is 3.36. The van der Waals surface area contributed by atoms with E-state index in [2.05, 4.69) is 10.2 Å². The lowest BCUT2D eigenvalue weighted by Gasteiger charge is -2.46. The molecule has 0 bridgehead atoms. The molecular weight excluding hydrogens is 376 g/mol. The monoisotopic (exact) mass is 400 g/mol. The highest BCUT2D eigenvalue weighted by Gasteiger charge is 2.48. The van der Waals surface area contributed by atoms with E-state index in [0.717, 1.165) is 12.1 Å². The van der Waals surface area contributed by atoms with Gasteiger partial charge in [-0.15, -0.1) is 0 Å². The molecule has 0 saturated carbocycles. The van der Waals surface area contributed by atoms with Gasteiger partial charge in [-0.05, 0) is 37.0 Å². The summed E-state index contributed by atoms with van der Waals surface area (Å²) < 4.78 is 5.22. The quantitative estimate of drug-likeness (QED) is 0.860. The van der Waals surface area contributed by atoms with Crippen molar-refractivity contribution in [3.8, 4) is 5.75 Å². The number of urea groups is 1. The van der Waals surface area contributed by atoms with Gasteiger partial charge in [-0.2, -0.15) is 11.3 Å². The van der Waals surface area contributed by atoms with E-state index in [4.69, 9.17) is 4.74 Å². The van der Waals surface area contributed by atoms with Gasteiger partial charge >= 0.3 is 6.03 Å². The van der Waals surface area contributed by atoms with Gasteiger partial charge < -0.3 is 19.9 Å². The molecule has 0 radical (unpaired) electrons. The highest BCUT2D eigenvalue weighted by atomic mass is 32.1. The number of anilines is 2. The van der Waals surface area contributed by atoms with Crippen molar-refractivity contribution >= 4 is 34.6 Å².